The Bertz CT molecular complexity index is 1080. The molecule has 0 fully saturated rings. The van der Waals surface area contributed by atoms with E-state index in [0.717, 1.165) is 0 Å². The molecule has 0 spiro atoms. The van der Waals surface area contributed by atoms with Gasteiger partial charge in [0, 0.05) is 12.8 Å². The quantitative estimate of drug-likeness (QED) is 0.149. The molecule has 1 aromatic rings. The van der Waals surface area contributed by atoms with E-state index in [1.807, 2.05) is 27.7 Å². The van der Waals surface area contributed by atoms with Crippen molar-refractivity contribution >= 4 is 24.4 Å². The van der Waals surface area contributed by atoms with E-state index in [0.29, 0.717) is 18.4 Å². The number of rotatable bonds is 14. The summed E-state index contributed by atoms with van der Waals surface area (Å²) in [7, 11) is 1.19. The van der Waals surface area contributed by atoms with Gasteiger partial charge in [0.25, 0.3) is 0 Å². The van der Waals surface area contributed by atoms with Crippen molar-refractivity contribution in [2.45, 2.75) is 111 Å². The topological polar surface area (TPSA) is 159 Å². The van der Waals surface area contributed by atoms with Crippen molar-refractivity contribution in [1.29, 1.82) is 0 Å². The Morgan fingerprint density at radius 3 is 1.83 bits per heavy atom. The van der Waals surface area contributed by atoms with Crippen molar-refractivity contribution < 1.29 is 52.3 Å². The molecule has 1 aromatic carbocycles. The van der Waals surface area contributed by atoms with E-state index in [2.05, 4.69) is 0 Å². The second kappa shape index (κ2) is 15.6. The van der Waals surface area contributed by atoms with E-state index >= 15 is 0 Å². The largest absolute Gasteiger partial charge is 0.514 e. The number of nitrogens with two attached hydrogens (primary N) is 1. The van der Waals surface area contributed by atoms with Gasteiger partial charge in [0.15, 0.2) is 11.5 Å². The predicted octanol–water partition coefficient (Wildman–Crippen LogP) is 6.10. The lowest BCUT2D eigenvalue weighted by Crippen LogP contribution is -2.53. The van der Waals surface area contributed by atoms with Gasteiger partial charge in [0.2, 0.25) is 0 Å². The van der Waals surface area contributed by atoms with Crippen LogP contribution in [0.5, 0.6) is 11.5 Å². The fraction of sp³-hybridized carbons (Fsp3) is 0.667. The van der Waals surface area contributed by atoms with Gasteiger partial charge < -0.3 is 38.9 Å². The molecule has 12 nitrogen and oxygen atoms in total. The molecule has 238 valence electrons. The van der Waals surface area contributed by atoms with Crippen molar-refractivity contribution in [3.05, 3.63) is 23.8 Å². The Hall–Kier alpha value is -3.54. The highest BCUT2D eigenvalue weighted by Gasteiger charge is 2.39. The Morgan fingerprint density at radius 1 is 0.833 bits per heavy atom. The molecule has 0 radical (unpaired) electrons. The molecule has 42 heavy (non-hydrogen) atoms. The lowest BCUT2D eigenvalue weighted by atomic mass is 9.86. The molecule has 0 saturated heterocycles. The molecule has 0 aliphatic heterocycles. The van der Waals surface area contributed by atoms with Crippen LogP contribution in [0, 0.1) is 5.92 Å². The van der Waals surface area contributed by atoms with Gasteiger partial charge in [-0.2, -0.15) is 0 Å². The first-order valence-electron chi connectivity index (χ1n) is 14.0. The highest BCUT2D eigenvalue weighted by Crippen LogP contribution is 2.32. The van der Waals surface area contributed by atoms with Crippen LogP contribution in [-0.4, -0.2) is 61.0 Å². The number of benzene rings is 1. The number of ether oxygens (including phenoxy) is 7. The summed E-state index contributed by atoms with van der Waals surface area (Å²) in [6.07, 6.45) is -2.90. The van der Waals surface area contributed by atoms with Gasteiger partial charge in [-0.3, -0.25) is 4.79 Å². The van der Waals surface area contributed by atoms with Crippen LogP contribution in [0.2, 0.25) is 0 Å². The van der Waals surface area contributed by atoms with E-state index in [9.17, 15) is 19.2 Å². The molecule has 1 rings (SSSR count). The van der Waals surface area contributed by atoms with Crippen molar-refractivity contribution in [3.8, 4) is 11.5 Å². The van der Waals surface area contributed by atoms with E-state index in [1.54, 1.807) is 34.6 Å². The summed E-state index contributed by atoms with van der Waals surface area (Å²) in [5, 5.41) is 0. The normalized spacial score (nSPS) is 13.8. The van der Waals surface area contributed by atoms with Crippen LogP contribution in [0.3, 0.4) is 0 Å². The third-order valence-corrected chi connectivity index (χ3v) is 6.41. The van der Waals surface area contributed by atoms with Gasteiger partial charge in [0.1, 0.15) is 22.8 Å². The monoisotopic (exact) mass is 597 g/mol. The molecule has 12 heteroatoms. The number of methoxy groups -OCH3 is 1. The Morgan fingerprint density at radius 2 is 1.36 bits per heavy atom. The molecule has 0 aromatic heterocycles. The van der Waals surface area contributed by atoms with Crippen LogP contribution in [0.15, 0.2) is 18.2 Å². The third-order valence-electron chi connectivity index (χ3n) is 6.41. The van der Waals surface area contributed by atoms with E-state index in [1.165, 1.54) is 25.3 Å². The van der Waals surface area contributed by atoms with Gasteiger partial charge >= 0.3 is 24.4 Å². The number of hydrogen-bond donors (Lipinski definition) is 1. The van der Waals surface area contributed by atoms with Crippen LogP contribution in [0.4, 0.5) is 14.4 Å². The molecule has 1 unspecified atom stereocenters. The lowest BCUT2D eigenvalue weighted by Gasteiger charge is -2.29. The van der Waals surface area contributed by atoms with Gasteiger partial charge in [-0.1, -0.05) is 33.8 Å². The van der Waals surface area contributed by atoms with Crippen molar-refractivity contribution in [2.24, 2.45) is 11.7 Å². The van der Waals surface area contributed by atoms with E-state index in [-0.39, 0.29) is 36.9 Å². The summed E-state index contributed by atoms with van der Waals surface area (Å²) >= 11 is 0. The maximum Gasteiger partial charge on any atom is 0.514 e. The number of hydrogen-bond acceptors (Lipinski definition) is 12. The van der Waals surface area contributed by atoms with Crippen LogP contribution < -0.4 is 15.2 Å². The van der Waals surface area contributed by atoms with Crippen LogP contribution in [-0.2, 0) is 34.9 Å². The molecule has 0 bridgehead atoms. The summed E-state index contributed by atoms with van der Waals surface area (Å²) < 4.78 is 36.8. The highest BCUT2D eigenvalue weighted by atomic mass is 16.8. The minimum Gasteiger partial charge on any atom is -0.468 e. The minimum atomic E-state index is -1.65. The van der Waals surface area contributed by atoms with Crippen molar-refractivity contribution in [1.82, 2.24) is 0 Å². The average Bonchev–Trinajstić information content (AvgIpc) is 2.87. The summed E-state index contributed by atoms with van der Waals surface area (Å²) in [4.78, 5) is 49.9. The van der Waals surface area contributed by atoms with Gasteiger partial charge in [-0.15, -0.1) is 0 Å². The molecular formula is C30H47NO11. The average molecular weight is 598 g/mol. The second-order valence-corrected chi connectivity index (χ2v) is 11.8. The molecule has 0 amide bonds. The molecular weight excluding hydrogens is 550 g/mol. The summed E-state index contributed by atoms with van der Waals surface area (Å²) in [5.41, 5.74) is 3.66. The van der Waals surface area contributed by atoms with Gasteiger partial charge in [-0.05, 0) is 71.1 Å². The zero-order chi connectivity index (χ0) is 32.3. The minimum absolute atomic E-state index is 0.115. The van der Waals surface area contributed by atoms with Crippen LogP contribution in [0.25, 0.3) is 0 Å². The maximum absolute atomic E-state index is 12.8. The molecule has 2 N–H and O–H groups in total. The van der Waals surface area contributed by atoms with Gasteiger partial charge in [0.05, 0.1) is 13.7 Å². The summed E-state index contributed by atoms with van der Waals surface area (Å²) in [5.74, 6) is -0.924. The second-order valence-electron chi connectivity index (χ2n) is 11.8. The molecule has 0 heterocycles. The first-order valence-corrected chi connectivity index (χ1v) is 14.0. The Balaban J connectivity index is 3.30. The third kappa shape index (κ3) is 12.5. The number of carbonyl (C=O) groups excluding carboxylic acids is 4. The standard InChI is InChI=1S/C30H47NO11/c1-11-28(6,7)41-26(34)39-22-14-13-21(15-23(22)40-27(35)42-29(8,9)12-2)17-30(31,24(32)36-10)16-20(5)38-25(33)37-18-19(3)4/h13-15,19-20H,11-12,16-18,31H2,1-10H3/t20-,30?/m0/s1. The Kier molecular flexibility index (Phi) is 13.6. The van der Waals surface area contributed by atoms with E-state index in [4.69, 9.17) is 38.9 Å². The predicted molar refractivity (Wildman–Crippen MR) is 153 cm³/mol. The fourth-order valence-electron chi connectivity index (χ4n) is 3.43. The Labute approximate surface area is 248 Å². The molecule has 0 aliphatic rings. The number of esters is 1. The van der Waals surface area contributed by atoms with Crippen molar-refractivity contribution in [2.75, 3.05) is 13.7 Å². The molecule has 2 atom stereocenters. The van der Waals surface area contributed by atoms with Crippen molar-refractivity contribution in [3.63, 3.8) is 0 Å². The zero-order valence-electron chi connectivity index (χ0n) is 26.5. The lowest BCUT2D eigenvalue weighted by molar-refractivity contribution is -0.148. The van der Waals surface area contributed by atoms with Crippen LogP contribution in [0.1, 0.15) is 87.1 Å². The number of carbonyl (C=O) groups is 4. The summed E-state index contributed by atoms with van der Waals surface area (Å²) in [6.45, 7) is 16.1. The first-order chi connectivity index (χ1) is 19.3. The molecule has 0 saturated carbocycles. The van der Waals surface area contributed by atoms with Gasteiger partial charge in [-0.25, -0.2) is 14.4 Å². The smallest absolute Gasteiger partial charge is 0.468 e. The van der Waals surface area contributed by atoms with Crippen LogP contribution >= 0.6 is 0 Å². The summed E-state index contributed by atoms with van der Waals surface area (Å²) in [6, 6.07) is 4.31. The maximum atomic E-state index is 12.8. The first kappa shape index (κ1) is 36.5. The SMILES string of the molecule is CCC(C)(C)OC(=O)Oc1ccc(CC(N)(C[C@H](C)OC(=O)OCC(C)C)C(=O)OC)cc1OC(=O)OC(C)(C)CC. The highest BCUT2D eigenvalue weighted by molar-refractivity contribution is 5.81. The fourth-order valence-corrected chi connectivity index (χ4v) is 3.43. The van der Waals surface area contributed by atoms with E-state index < -0.39 is 47.3 Å². The zero-order valence-corrected chi connectivity index (χ0v) is 26.5. The molecule has 0 aliphatic carbocycles.